The average Bonchev–Trinajstić information content (AvgIpc) is 3.09. The molecular formula is C19H28FN3O3. The summed E-state index contributed by atoms with van der Waals surface area (Å²) in [6, 6.07) is 3.02. The van der Waals surface area contributed by atoms with E-state index in [1.807, 2.05) is 0 Å². The van der Waals surface area contributed by atoms with Crippen molar-refractivity contribution in [3.05, 3.63) is 29.1 Å². The van der Waals surface area contributed by atoms with Gasteiger partial charge >= 0.3 is 0 Å². The van der Waals surface area contributed by atoms with Crippen molar-refractivity contribution in [3.63, 3.8) is 0 Å². The number of hydrogen-bond acceptors (Lipinski definition) is 4. The maximum absolute atomic E-state index is 13.8. The van der Waals surface area contributed by atoms with Crippen LogP contribution in [0, 0.1) is 11.7 Å². The Kier molecular flexibility index (Phi) is 6.68. The maximum atomic E-state index is 13.8. The molecule has 0 aromatic heterocycles. The number of ether oxygens (including phenoxy) is 3. The Morgan fingerprint density at radius 2 is 2.35 bits per heavy atom. The normalized spacial score (nSPS) is 20.0. The number of likely N-dealkylation sites (tertiary alicyclic amines) is 1. The van der Waals surface area contributed by atoms with Gasteiger partial charge in [-0.2, -0.15) is 0 Å². The first-order chi connectivity index (χ1) is 12.7. The van der Waals surface area contributed by atoms with Gasteiger partial charge < -0.3 is 24.4 Å². The van der Waals surface area contributed by atoms with E-state index in [1.54, 1.807) is 7.11 Å². The van der Waals surface area contributed by atoms with Gasteiger partial charge in [0, 0.05) is 44.8 Å². The second kappa shape index (κ2) is 9.19. The molecule has 0 radical (unpaired) electrons. The SMILES string of the molecule is CCNC(=NCCc1cc(F)cc2c1OCOC2)N1CCC(COC)C1. The molecule has 0 bridgehead atoms. The fraction of sp³-hybridized carbons (Fsp3) is 0.632. The highest BCUT2D eigenvalue weighted by Gasteiger charge is 2.24. The minimum Gasteiger partial charge on any atom is -0.467 e. The Morgan fingerprint density at radius 3 is 3.15 bits per heavy atom. The van der Waals surface area contributed by atoms with Crippen molar-refractivity contribution in [3.8, 4) is 5.75 Å². The third kappa shape index (κ3) is 4.65. The minimum atomic E-state index is -0.259. The van der Waals surface area contributed by atoms with Crippen molar-refractivity contribution >= 4 is 5.96 Å². The number of nitrogens with one attached hydrogen (secondary N) is 1. The molecule has 1 fully saturated rings. The minimum absolute atomic E-state index is 0.214. The fourth-order valence-electron chi connectivity index (χ4n) is 3.55. The summed E-state index contributed by atoms with van der Waals surface area (Å²) in [4.78, 5) is 7.02. The van der Waals surface area contributed by atoms with Crippen molar-refractivity contribution < 1.29 is 18.6 Å². The number of benzene rings is 1. The molecule has 6 nitrogen and oxygen atoms in total. The van der Waals surface area contributed by atoms with Gasteiger partial charge in [0.1, 0.15) is 11.6 Å². The van der Waals surface area contributed by atoms with Crippen LogP contribution in [0.1, 0.15) is 24.5 Å². The quantitative estimate of drug-likeness (QED) is 0.619. The van der Waals surface area contributed by atoms with Crippen LogP contribution in [-0.4, -0.2) is 57.5 Å². The van der Waals surface area contributed by atoms with E-state index in [0.29, 0.717) is 25.5 Å². The summed E-state index contributed by atoms with van der Waals surface area (Å²) >= 11 is 0. The van der Waals surface area contributed by atoms with Crippen LogP contribution < -0.4 is 10.1 Å². The molecule has 1 aromatic rings. The van der Waals surface area contributed by atoms with Gasteiger partial charge in [0.05, 0.1) is 13.2 Å². The van der Waals surface area contributed by atoms with Gasteiger partial charge in [-0.05, 0) is 37.5 Å². The molecular weight excluding hydrogens is 337 g/mol. The standard InChI is InChI=1S/C19H28FN3O3/c1-3-21-19(23-7-5-14(10-23)11-24-2)22-6-4-15-8-17(20)9-16-12-25-13-26-18(15)16/h8-9,14H,3-7,10-13H2,1-2H3,(H,21,22). The van der Waals surface area contributed by atoms with E-state index >= 15 is 0 Å². The Labute approximate surface area is 154 Å². The lowest BCUT2D eigenvalue weighted by molar-refractivity contribution is -0.0172. The van der Waals surface area contributed by atoms with Crippen molar-refractivity contribution in [2.24, 2.45) is 10.9 Å². The van der Waals surface area contributed by atoms with Gasteiger partial charge in [0.2, 0.25) is 0 Å². The number of hydrogen-bond donors (Lipinski definition) is 1. The molecule has 144 valence electrons. The number of nitrogens with zero attached hydrogens (tertiary/aromatic N) is 2. The number of rotatable bonds is 6. The summed E-state index contributed by atoms with van der Waals surface area (Å²) in [5.74, 6) is 1.96. The summed E-state index contributed by atoms with van der Waals surface area (Å²) in [5.41, 5.74) is 1.62. The lowest BCUT2D eigenvalue weighted by atomic mass is 10.1. The van der Waals surface area contributed by atoms with Crippen molar-refractivity contribution in [2.75, 3.05) is 46.7 Å². The van der Waals surface area contributed by atoms with Gasteiger partial charge in [-0.25, -0.2) is 4.39 Å². The predicted molar refractivity (Wildman–Crippen MR) is 97.9 cm³/mol. The molecule has 0 spiro atoms. The molecule has 2 aliphatic heterocycles. The average molecular weight is 365 g/mol. The van der Waals surface area contributed by atoms with Gasteiger partial charge in [0.25, 0.3) is 0 Å². The summed E-state index contributed by atoms with van der Waals surface area (Å²) in [5, 5.41) is 3.36. The van der Waals surface area contributed by atoms with Crippen molar-refractivity contribution in [1.29, 1.82) is 0 Å². The highest BCUT2D eigenvalue weighted by Crippen LogP contribution is 2.29. The fourth-order valence-corrected chi connectivity index (χ4v) is 3.55. The molecule has 7 heteroatoms. The van der Waals surface area contributed by atoms with Crippen LogP contribution in [0.15, 0.2) is 17.1 Å². The number of methoxy groups -OCH3 is 1. The monoisotopic (exact) mass is 365 g/mol. The molecule has 0 saturated carbocycles. The molecule has 3 rings (SSSR count). The zero-order chi connectivity index (χ0) is 18.4. The van der Waals surface area contributed by atoms with E-state index in [-0.39, 0.29) is 12.6 Å². The zero-order valence-corrected chi connectivity index (χ0v) is 15.6. The number of fused-ring (bicyclic) bond motifs is 1. The number of aliphatic imine (C=N–C) groups is 1. The molecule has 2 aliphatic rings. The molecule has 1 N–H and O–H groups in total. The van der Waals surface area contributed by atoms with Gasteiger partial charge in [-0.15, -0.1) is 0 Å². The third-order valence-electron chi connectivity index (χ3n) is 4.72. The van der Waals surface area contributed by atoms with Crippen LogP contribution >= 0.6 is 0 Å². The molecule has 1 saturated heterocycles. The zero-order valence-electron chi connectivity index (χ0n) is 15.6. The van der Waals surface area contributed by atoms with Gasteiger partial charge in [-0.3, -0.25) is 4.99 Å². The summed E-state index contributed by atoms with van der Waals surface area (Å²) in [7, 11) is 1.74. The summed E-state index contributed by atoms with van der Waals surface area (Å²) in [6.45, 7) is 6.78. The van der Waals surface area contributed by atoms with Crippen LogP contribution in [-0.2, 0) is 22.5 Å². The van der Waals surface area contributed by atoms with Crippen LogP contribution in [0.25, 0.3) is 0 Å². The Morgan fingerprint density at radius 1 is 1.46 bits per heavy atom. The second-order valence-corrected chi connectivity index (χ2v) is 6.71. The molecule has 26 heavy (non-hydrogen) atoms. The Balaban J connectivity index is 1.65. The van der Waals surface area contributed by atoms with E-state index in [1.165, 1.54) is 12.1 Å². The van der Waals surface area contributed by atoms with E-state index in [9.17, 15) is 4.39 Å². The van der Waals surface area contributed by atoms with Crippen molar-refractivity contribution in [1.82, 2.24) is 10.2 Å². The van der Waals surface area contributed by atoms with E-state index < -0.39 is 0 Å². The molecule has 1 unspecified atom stereocenters. The lowest BCUT2D eigenvalue weighted by Gasteiger charge is -2.22. The van der Waals surface area contributed by atoms with Crippen LogP contribution in [0.5, 0.6) is 5.75 Å². The molecule has 0 amide bonds. The Hall–Kier alpha value is -1.86. The topological polar surface area (TPSA) is 55.3 Å². The molecule has 1 atom stereocenters. The first-order valence-corrected chi connectivity index (χ1v) is 9.25. The second-order valence-electron chi connectivity index (χ2n) is 6.71. The maximum Gasteiger partial charge on any atom is 0.193 e. The van der Waals surface area contributed by atoms with E-state index in [2.05, 4.69) is 17.1 Å². The summed E-state index contributed by atoms with van der Waals surface area (Å²) < 4.78 is 29.9. The summed E-state index contributed by atoms with van der Waals surface area (Å²) in [6.07, 6.45) is 1.74. The molecule has 2 heterocycles. The third-order valence-corrected chi connectivity index (χ3v) is 4.72. The largest absolute Gasteiger partial charge is 0.467 e. The van der Waals surface area contributed by atoms with Gasteiger partial charge in [-0.1, -0.05) is 0 Å². The molecule has 1 aromatic carbocycles. The predicted octanol–water partition coefficient (Wildman–Crippen LogP) is 2.17. The van der Waals surface area contributed by atoms with Crippen LogP contribution in [0.4, 0.5) is 4.39 Å². The number of halogens is 1. The van der Waals surface area contributed by atoms with E-state index in [4.69, 9.17) is 19.2 Å². The highest BCUT2D eigenvalue weighted by atomic mass is 19.1. The van der Waals surface area contributed by atoms with Crippen LogP contribution in [0.2, 0.25) is 0 Å². The van der Waals surface area contributed by atoms with E-state index in [0.717, 1.165) is 55.5 Å². The first-order valence-electron chi connectivity index (χ1n) is 9.25. The Bertz CT molecular complexity index is 639. The van der Waals surface area contributed by atoms with Crippen molar-refractivity contribution in [2.45, 2.75) is 26.4 Å². The van der Waals surface area contributed by atoms with Crippen LogP contribution in [0.3, 0.4) is 0 Å². The highest BCUT2D eigenvalue weighted by molar-refractivity contribution is 5.80. The number of guanidine groups is 1. The smallest absolute Gasteiger partial charge is 0.193 e. The lowest BCUT2D eigenvalue weighted by Crippen LogP contribution is -2.40. The first kappa shape index (κ1) is 18.9. The van der Waals surface area contributed by atoms with Gasteiger partial charge in [0.15, 0.2) is 12.8 Å². The molecule has 0 aliphatic carbocycles.